The first-order chi connectivity index (χ1) is 7.67. The smallest absolute Gasteiger partial charge is 0.331 e. The van der Waals surface area contributed by atoms with Crippen molar-refractivity contribution in [3.63, 3.8) is 0 Å². The molecule has 0 amide bonds. The molecule has 0 aromatic heterocycles. The van der Waals surface area contributed by atoms with Crippen LogP contribution in [0.15, 0.2) is 24.3 Å². The van der Waals surface area contributed by atoms with Gasteiger partial charge in [-0.3, -0.25) is 5.32 Å². The van der Waals surface area contributed by atoms with Crippen molar-refractivity contribution in [2.75, 3.05) is 19.8 Å². The Morgan fingerprint density at radius 3 is 2.81 bits per heavy atom. The summed E-state index contributed by atoms with van der Waals surface area (Å²) in [5, 5.41) is 12.5. The van der Waals surface area contributed by atoms with E-state index in [1.54, 1.807) is 0 Å². The molecule has 16 heavy (non-hydrogen) atoms. The van der Waals surface area contributed by atoms with Gasteiger partial charge in [-0.1, -0.05) is 24.3 Å². The fourth-order valence-corrected chi connectivity index (χ4v) is 2.09. The Morgan fingerprint density at radius 2 is 2.25 bits per heavy atom. The van der Waals surface area contributed by atoms with E-state index in [4.69, 9.17) is 4.74 Å². The van der Waals surface area contributed by atoms with Crippen molar-refractivity contribution in [3.8, 4) is 0 Å². The number of carboxylic acid groups (broad SMARTS) is 1. The van der Waals surface area contributed by atoms with E-state index in [2.05, 4.69) is 5.32 Å². The summed E-state index contributed by atoms with van der Waals surface area (Å²) in [5.41, 5.74) is 0.647. The second kappa shape index (κ2) is 4.23. The van der Waals surface area contributed by atoms with E-state index in [9.17, 15) is 9.90 Å². The first-order valence-electron chi connectivity index (χ1n) is 5.29. The number of carboxylic acids is 1. The molecule has 0 saturated carbocycles. The van der Waals surface area contributed by atoms with Crippen LogP contribution in [0.4, 0.5) is 0 Å². The summed E-state index contributed by atoms with van der Waals surface area (Å²) in [6.45, 7) is 3.20. The summed E-state index contributed by atoms with van der Waals surface area (Å²) in [5.74, 6) is -0.888. The maximum Gasteiger partial charge on any atom is 0.331 e. The largest absolute Gasteiger partial charge is 0.480 e. The van der Waals surface area contributed by atoms with Gasteiger partial charge in [0.2, 0.25) is 0 Å². The van der Waals surface area contributed by atoms with Gasteiger partial charge in [-0.25, -0.2) is 4.79 Å². The lowest BCUT2D eigenvalue weighted by Gasteiger charge is -2.35. The van der Waals surface area contributed by atoms with Crippen LogP contribution in [-0.4, -0.2) is 30.8 Å². The lowest BCUT2D eigenvalue weighted by molar-refractivity contribution is -0.151. The van der Waals surface area contributed by atoms with E-state index in [1.807, 2.05) is 31.2 Å². The molecule has 2 rings (SSSR count). The number of carbonyl (C=O) groups is 1. The number of morpholine rings is 1. The average molecular weight is 221 g/mol. The Kier molecular flexibility index (Phi) is 2.94. The topological polar surface area (TPSA) is 58.6 Å². The molecular formula is C12H15NO3. The number of hydrogen-bond acceptors (Lipinski definition) is 3. The van der Waals surface area contributed by atoms with E-state index in [1.165, 1.54) is 0 Å². The highest BCUT2D eigenvalue weighted by molar-refractivity contribution is 5.81. The van der Waals surface area contributed by atoms with Crippen molar-refractivity contribution in [1.82, 2.24) is 5.32 Å². The zero-order valence-electron chi connectivity index (χ0n) is 9.19. The van der Waals surface area contributed by atoms with Crippen LogP contribution in [0.2, 0.25) is 0 Å². The second-order valence-corrected chi connectivity index (χ2v) is 4.00. The molecular weight excluding hydrogens is 206 g/mol. The molecule has 0 spiro atoms. The van der Waals surface area contributed by atoms with Crippen molar-refractivity contribution < 1.29 is 14.6 Å². The Labute approximate surface area is 94.2 Å². The first-order valence-corrected chi connectivity index (χ1v) is 5.29. The molecule has 1 aromatic carbocycles. The van der Waals surface area contributed by atoms with Gasteiger partial charge < -0.3 is 9.84 Å². The van der Waals surface area contributed by atoms with Gasteiger partial charge in [0.15, 0.2) is 5.54 Å². The number of aliphatic carboxylic acids is 1. The third kappa shape index (κ3) is 1.70. The molecule has 1 aliphatic heterocycles. The summed E-state index contributed by atoms with van der Waals surface area (Å²) in [6.07, 6.45) is 0. The zero-order chi connectivity index (χ0) is 11.6. The minimum Gasteiger partial charge on any atom is -0.480 e. The van der Waals surface area contributed by atoms with Gasteiger partial charge in [-0.05, 0) is 18.1 Å². The molecule has 1 atom stereocenters. The number of benzene rings is 1. The lowest BCUT2D eigenvalue weighted by Crippen LogP contribution is -2.57. The second-order valence-electron chi connectivity index (χ2n) is 4.00. The molecule has 0 bridgehead atoms. The fraction of sp³-hybridized carbons (Fsp3) is 0.417. The number of hydrogen-bond donors (Lipinski definition) is 2. The zero-order valence-corrected chi connectivity index (χ0v) is 9.19. The van der Waals surface area contributed by atoms with E-state index < -0.39 is 11.5 Å². The van der Waals surface area contributed by atoms with Crippen molar-refractivity contribution in [3.05, 3.63) is 35.4 Å². The number of rotatable bonds is 2. The highest BCUT2D eigenvalue weighted by atomic mass is 16.5. The maximum absolute atomic E-state index is 11.5. The predicted molar refractivity (Wildman–Crippen MR) is 59.3 cm³/mol. The molecule has 1 heterocycles. The Balaban J connectivity index is 2.47. The van der Waals surface area contributed by atoms with Gasteiger partial charge in [0.1, 0.15) is 0 Å². The molecule has 4 nitrogen and oxygen atoms in total. The molecule has 0 aliphatic carbocycles. The molecule has 0 radical (unpaired) electrons. The van der Waals surface area contributed by atoms with Crippen molar-refractivity contribution in [2.45, 2.75) is 12.5 Å². The van der Waals surface area contributed by atoms with Gasteiger partial charge in [0.25, 0.3) is 0 Å². The Morgan fingerprint density at radius 1 is 1.50 bits per heavy atom. The minimum absolute atomic E-state index is 0.174. The van der Waals surface area contributed by atoms with Gasteiger partial charge in [0.05, 0.1) is 13.2 Å². The highest BCUT2D eigenvalue weighted by Crippen LogP contribution is 2.27. The quantitative estimate of drug-likeness (QED) is 0.779. The van der Waals surface area contributed by atoms with Crippen LogP contribution in [0.25, 0.3) is 0 Å². The van der Waals surface area contributed by atoms with Crippen LogP contribution < -0.4 is 5.32 Å². The Hall–Kier alpha value is -1.39. The van der Waals surface area contributed by atoms with Gasteiger partial charge in [-0.15, -0.1) is 0 Å². The molecule has 86 valence electrons. The summed E-state index contributed by atoms with van der Waals surface area (Å²) in [6, 6.07) is 7.50. The SMILES string of the molecule is Cc1ccccc1C1(C(=O)O)COCCN1. The van der Waals surface area contributed by atoms with Crippen LogP contribution in [0.5, 0.6) is 0 Å². The normalized spacial score (nSPS) is 25.3. The summed E-state index contributed by atoms with van der Waals surface area (Å²) < 4.78 is 5.31. The van der Waals surface area contributed by atoms with Crippen molar-refractivity contribution in [1.29, 1.82) is 0 Å². The predicted octanol–water partition coefficient (Wildman–Crippen LogP) is 0.895. The van der Waals surface area contributed by atoms with Crippen LogP contribution in [0, 0.1) is 6.92 Å². The third-order valence-electron chi connectivity index (χ3n) is 2.96. The van der Waals surface area contributed by atoms with Crippen LogP contribution in [0.3, 0.4) is 0 Å². The highest BCUT2D eigenvalue weighted by Gasteiger charge is 2.43. The van der Waals surface area contributed by atoms with Crippen molar-refractivity contribution in [2.24, 2.45) is 0 Å². The molecule has 4 heteroatoms. The number of ether oxygens (including phenoxy) is 1. The van der Waals surface area contributed by atoms with Crippen LogP contribution in [0.1, 0.15) is 11.1 Å². The van der Waals surface area contributed by atoms with Crippen LogP contribution >= 0.6 is 0 Å². The average Bonchev–Trinajstić information content (AvgIpc) is 2.30. The molecule has 1 fully saturated rings. The molecule has 1 aliphatic rings. The maximum atomic E-state index is 11.5. The number of nitrogens with one attached hydrogen (secondary N) is 1. The minimum atomic E-state index is -1.09. The van der Waals surface area contributed by atoms with Crippen LogP contribution in [-0.2, 0) is 15.1 Å². The third-order valence-corrected chi connectivity index (χ3v) is 2.96. The lowest BCUT2D eigenvalue weighted by atomic mass is 9.86. The van der Waals surface area contributed by atoms with Gasteiger partial charge in [-0.2, -0.15) is 0 Å². The first kappa shape index (κ1) is 11.1. The summed E-state index contributed by atoms with van der Waals surface area (Å²) >= 11 is 0. The molecule has 2 N–H and O–H groups in total. The van der Waals surface area contributed by atoms with E-state index in [0.717, 1.165) is 11.1 Å². The molecule has 1 saturated heterocycles. The summed E-state index contributed by atoms with van der Waals surface area (Å²) in [4.78, 5) is 11.5. The Bertz CT molecular complexity index is 397. The van der Waals surface area contributed by atoms with E-state index >= 15 is 0 Å². The monoisotopic (exact) mass is 221 g/mol. The van der Waals surface area contributed by atoms with E-state index in [0.29, 0.717) is 13.2 Å². The number of aryl methyl sites for hydroxylation is 1. The summed E-state index contributed by atoms with van der Waals surface area (Å²) in [7, 11) is 0. The van der Waals surface area contributed by atoms with Gasteiger partial charge >= 0.3 is 5.97 Å². The van der Waals surface area contributed by atoms with Gasteiger partial charge in [0, 0.05) is 6.54 Å². The van der Waals surface area contributed by atoms with E-state index in [-0.39, 0.29) is 6.61 Å². The molecule has 1 aromatic rings. The standard InChI is InChI=1S/C12H15NO3/c1-9-4-2-3-5-10(9)12(11(14)15)8-16-7-6-13-12/h2-5,13H,6-8H2,1H3,(H,14,15). The fourth-order valence-electron chi connectivity index (χ4n) is 2.09. The van der Waals surface area contributed by atoms with Crippen molar-refractivity contribution >= 4 is 5.97 Å². The molecule has 1 unspecified atom stereocenters.